The number of hydrogen-bond donors (Lipinski definition) is 1. The van der Waals surface area contributed by atoms with Crippen molar-refractivity contribution in [1.82, 2.24) is 33.7 Å². The summed E-state index contributed by atoms with van der Waals surface area (Å²) in [7, 11) is 0. The Balaban J connectivity index is 1.70. The molecule has 0 aromatic carbocycles. The number of hydrogen-bond acceptors (Lipinski definition) is 7. The molecule has 0 bridgehead atoms. The Morgan fingerprint density at radius 3 is 2.74 bits per heavy atom. The molecule has 0 saturated carbocycles. The van der Waals surface area contributed by atoms with Gasteiger partial charge in [-0.2, -0.15) is 5.10 Å². The molecule has 0 aliphatic heterocycles. The number of esters is 1. The molecule has 1 N–H and O–H groups in total. The highest BCUT2D eigenvalue weighted by Gasteiger charge is 2.22. The van der Waals surface area contributed by atoms with Crippen molar-refractivity contribution in [3.63, 3.8) is 0 Å². The third kappa shape index (κ3) is 3.51. The summed E-state index contributed by atoms with van der Waals surface area (Å²) >= 11 is 0. The predicted octanol–water partition coefficient (Wildman–Crippen LogP) is 1.41. The largest absolute Gasteiger partial charge is 0.454 e. The maximum atomic E-state index is 12.8. The van der Waals surface area contributed by atoms with Gasteiger partial charge in [0.25, 0.3) is 5.56 Å². The fourth-order valence-electron chi connectivity index (χ4n) is 3.63. The Labute approximate surface area is 176 Å². The van der Waals surface area contributed by atoms with E-state index in [0.717, 1.165) is 12.8 Å². The minimum atomic E-state index is -0.585. The second-order valence-electron chi connectivity index (χ2n) is 7.13. The molecule has 4 rings (SSSR count). The first-order valence-corrected chi connectivity index (χ1v) is 10.2. The van der Waals surface area contributed by atoms with E-state index in [-0.39, 0.29) is 17.7 Å². The maximum Gasteiger partial charge on any atom is 0.344 e. The van der Waals surface area contributed by atoms with Crippen LogP contribution in [0.5, 0.6) is 0 Å². The number of nitrogens with zero attached hydrogens (tertiary/aromatic N) is 6. The second-order valence-corrected chi connectivity index (χ2v) is 7.13. The van der Waals surface area contributed by atoms with E-state index in [1.165, 1.54) is 9.08 Å². The molecule has 0 atom stereocenters. The zero-order valence-electron chi connectivity index (χ0n) is 17.6. The fourth-order valence-corrected chi connectivity index (χ4v) is 3.63. The van der Waals surface area contributed by atoms with E-state index in [4.69, 9.17) is 4.74 Å². The molecule has 4 heterocycles. The highest BCUT2D eigenvalue weighted by atomic mass is 16.5. The smallest absolute Gasteiger partial charge is 0.344 e. The van der Waals surface area contributed by atoms with Crippen LogP contribution < -0.4 is 11.2 Å². The van der Waals surface area contributed by atoms with Crippen LogP contribution in [-0.2, 0) is 24.4 Å². The van der Waals surface area contributed by atoms with Crippen molar-refractivity contribution in [1.29, 1.82) is 0 Å². The SMILES string of the molecule is CCCCn1c(=O)[nH]c(=O)c2c1nc(COC(=O)c1c(C)nn3cccnc13)n2CC. The van der Waals surface area contributed by atoms with Crippen LogP contribution in [0.1, 0.15) is 48.6 Å². The Hall–Kier alpha value is -3.76. The van der Waals surface area contributed by atoms with E-state index in [2.05, 4.69) is 20.1 Å². The van der Waals surface area contributed by atoms with Crippen LogP contribution in [0, 0.1) is 6.92 Å². The lowest BCUT2D eigenvalue weighted by atomic mass is 10.2. The number of unbranched alkanes of at least 4 members (excludes halogenated alkanes) is 1. The maximum absolute atomic E-state index is 12.8. The van der Waals surface area contributed by atoms with Gasteiger partial charge in [-0.25, -0.2) is 24.1 Å². The number of nitrogens with one attached hydrogen (secondary N) is 1. The van der Waals surface area contributed by atoms with Crippen LogP contribution in [0.15, 0.2) is 28.0 Å². The molecule has 4 aromatic heterocycles. The van der Waals surface area contributed by atoms with Crippen molar-refractivity contribution in [3.05, 3.63) is 56.4 Å². The van der Waals surface area contributed by atoms with Gasteiger partial charge in [0.2, 0.25) is 0 Å². The van der Waals surface area contributed by atoms with Crippen LogP contribution in [0.25, 0.3) is 16.8 Å². The van der Waals surface area contributed by atoms with E-state index >= 15 is 0 Å². The van der Waals surface area contributed by atoms with E-state index in [0.29, 0.717) is 35.9 Å². The van der Waals surface area contributed by atoms with Crippen molar-refractivity contribution in [2.24, 2.45) is 0 Å². The van der Waals surface area contributed by atoms with Gasteiger partial charge >= 0.3 is 11.7 Å². The summed E-state index contributed by atoms with van der Waals surface area (Å²) < 4.78 is 10.1. The van der Waals surface area contributed by atoms with E-state index in [1.807, 2.05) is 13.8 Å². The van der Waals surface area contributed by atoms with Gasteiger partial charge in [-0.1, -0.05) is 13.3 Å². The molecular formula is C20H23N7O4. The normalized spacial score (nSPS) is 11.5. The number of imidazole rings is 1. The molecule has 0 aliphatic carbocycles. The van der Waals surface area contributed by atoms with Gasteiger partial charge in [-0.15, -0.1) is 0 Å². The van der Waals surface area contributed by atoms with E-state index < -0.39 is 17.2 Å². The van der Waals surface area contributed by atoms with Gasteiger partial charge in [-0.3, -0.25) is 14.3 Å². The molecule has 0 spiro atoms. The van der Waals surface area contributed by atoms with Crippen molar-refractivity contribution < 1.29 is 9.53 Å². The number of aromatic nitrogens is 7. The number of rotatable bonds is 7. The Morgan fingerprint density at radius 2 is 2.00 bits per heavy atom. The average molecular weight is 425 g/mol. The summed E-state index contributed by atoms with van der Waals surface area (Å²) in [5.41, 5.74) is 0.751. The predicted molar refractivity (Wildman–Crippen MR) is 112 cm³/mol. The van der Waals surface area contributed by atoms with Gasteiger partial charge in [0.15, 0.2) is 16.8 Å². The first-order valence-electron chi connectivity index (χ1n) is 10.2. The molecule has 0 amide bonds. The Morgan fingerprint density at radius 1 is 1.19 bits per heavy atom. The lowest BCUT2D eigenvalue weighted by Crippen LogP contribution is -2.31. The number of carbonyl (C=O) groups is 1. The zero-order chi connectivity index (χ0) is 22.1. The molecular weight excluding hydrogens is 402 g/mol. The Bertz CT molecular complexity index is 1390. The first kappa shape index (κ1) is 20.5. The van der Waals surface area contributed by atoms with Gasteiger partial charge < -0.3 is 9.30 Å². The molecule has 0 radical (unpaired) electrons. The molecule has 0 aliphatic rings. The highest BCUT2D eigenvalue weighted by Crippen LogP contribution is 2.17. The first-order chi connectivity index (χ1) is 15.0. The van der Waals surface area contributed by atoms with Crippen LogP contribution >= 0.6 is 0 Å². The van der Waals surface area contributed by atoms with Crippen LogP contribution in [0.3, 0.4) is 0 Å². The van der Waals surface area contributed by atoms with Crippen LogP contribution in [0.4, 0.5) is 0 Å². The van der Waals surface area contributed by atoms with Crippen LogP contribution in [0.2, 0.25) is 0 Å². The van der Waals surface area contributed by atoms with Crippen molar-refractivity contribution in [3.8, 4) is 0 Å². The van der Waals surface area contributed by atoms with Gasteiger partial charge in [0.05, 0.1) is 5.69 Å². The molecule has 11 heteroatoms. The van der Waals surface area contributed by atoms with Crippen LogP contribution in [-0.4, -0.2) is 39.7 Å². The summed E-state index contributed by atoms with van der Waals surface area (Å²) in [6, 6.07) is 1.72. The lowest BCUT2D eigenvalue weighted by molar-refractivity contribution is 0.0460. The summed E-state index contributed by atoms with van der Waals surface area (Å²) in [6.45, 7) is 6.28. The molecule has 11 nitrogen and oxygen atoms in total. The van der Waals surface area contributed by atoms with Crippen molar-refractivity contribution in [2.45, 2.75) is 53.3 Å². The number of aromatic amines is 1. The number of ether oxygens (including phenoxy) is 1. The van der Waals surface area contributed by atoms with Crippen molar-refractivity contribution >= 4 is 22.8 Å². The molecule has 4 aromatic rings. The molecule has 0 saturated heterocycles. The minimum Gasteiger partial charge on any atom is -0.454 e. The quantitative estimate of drug-likeness (QED) is 0.443. The average Bonchev–Trinajstić information content (AvgIpc) is 3.28. The molecule has 31 heavy (non-hydrogen) atoms. The standard InChI is InChI=1S/C20H23N7O4/c1-4-6-9-26-17-15(18(28)23-20(26)30)25(5-2)13(22-17)11-31-19(29)14-12(3)24-27-10-7-8-21-16(14)27/h7-8,10H,4-6,9,11H2,1-3H3,(H,23,28,30). The summed E-state index contributed by atoms with van der Waals surface area (Å²) in [5.74, 6) is -0.201. The number of fused-ring (bicyclic) bond motifs is 2. The molecule has 0 unspecified atom stereocenters. The third-order valence-corrected chi connectivity index (χ3v) is 5.12. The van der Waals surface area contributed by atoms with Gasteiger partial charge in [-0.05, 0) is 26.3 Å². The third-order valence-electron chi connectivity index (χ3n) is 5.12. The zero-order valence-corrected chi connectivity index (χ0v) is 17.6. The summed E-state index contributed by atoms with van der Waals surface area (Å²) in [4.78, 5) is 48.6. The molecule has 0 fully saturated rings. The highest BCUT2D eigenvalue weighted by molar-refractivity contribution is 5.97. The summed E-state index contributed by atoms with van der Waals surface area (Å²) in [6.07, 6.45) is 4.93. The summed E-state index contributed by atoms with van der Waals surface area (Å²) in [5, 5.41) is 4.27. The van der Waals surface area contributed by atoms with Crippen molar-refractivity contribution in [2.75, 3.05) is 0 Å². The topological polar surface area (TPSA) is 129 Å². The second kappa shape index (κ2) is 8.17. The lowest BCUT2D eigenvalue weighted by Gasteiger charge is -2.07. The fraction of sp³-hybridized carbons (Fsp3) is 0.400. The number of carbonyl (C=O) groups excluding carboxylic acids is 1. The van der Waals surface area contributed by atoms with Gasteiger partial charge in [0, 0.05) is 25.5 Å². The monoisotopic (exact) mass is 425 g/mol. The molecule has 162 valence electrons. The van der Waals surface area contributed by atoms with E-state index in [9.17, 15) is 14.4 Å². The van der Waals surface area contributed by atoms with Gasteiger partial charge in [0.1, 0.15) is 18.0 Å². The Kier molecular flexibility index (Phi) is 5.40. The number of H-pyrrole nitrogens is 1. The minimum absolute atomic E-state index is 0.160. The number of aryl methyl sites for hydroxylation is 3. The van der Waals surface area contributed by atoms with E-state index in [1.54, 1.807) is 30.0 Å².